The van der Waals surface area contributed by atoms with Gasteiger partial charge in [0.1, 0.15) is 0 Å². The summed E-state index contributed by atoms with van der Waals surface area (Å²) in [4.78, 5) is 12.2. The van der Waals surface area contributed by atoms with Gasteiger partial charge in [0, 0.05) is 13.0 Å². The first-order chi connectivity index (χ1) is 15.8. The Morgan fingerprint density at radius 1 is 1.03 bits per heavy atom. The lowest BCUT2D eigenvalue weighted by Crippen LogP contribution is -2.58. The van der Waals surface area contributed by atoms with E-state index in [-0.39, 0.29) is 35.5 Å². The highest BCUT2D eigenvalue weighted by atomic mass is 32.2. The van der Waals surface area contributed by atoms with Gasteiger partial charge in [0.2, 0.25) is 5.91 Å². The molecule has 0 aliphatic heterocycles. The third kappa shape index (κ3) is 4.94. The largest absolute Gasteiger partial charge is 0.393 e. The Hall–Kier alpha value is -0.700. The predicted molar refractivity (Wildman–Crippen MR) is 130 cm³/mol. The number of carbonyl (C=O) groups excluding carboxylic acids is 1. The predicted octanol–water partition coefficient (Wildman–Crippen LogP) is 3.40. The molecule has 196 valence electrons. The molecule has 7 nitrogen and oxygen atoms in total. The highest BCUT2D eigenvalue weighted by Gasteiger charge is 2.62. The fourth-order valence-corrected chi connectivity index (χ4v) is 9.50. The van der Waals surface area contributed by atoms with E-state index in [1.807, 2.05) is 0 Å². The molecule has 4 aliphatic rings. The van der Waals surface area contributed by atoms with Gasteiger partial charge in [-0.1, -0.05) is 20.8 Å². The van der Waals surface area contributed by atoms with Crippen LogP contribution in [0.25, 0.3) is 0 Å². The van der Waals surface area contributed by atoms with E-state index in [1.54, 1.807) is 0 Å². The Bertz CT molecular complexity index is 863. The number of hydrogen-bond acceptors (Lipinski definition) is 5. The van der Waals surface area contributed by atoms with Gasteiger partial charge in [0.15, 0.2) is 0 Å². The fourth-order valence-electron chi connectivity index (χ4n) is 9.14. The van der Waals surface area contributed by atoms with Gasteiger partial charge in [0.05, 0.1) is 18.0 Å². The summed E-state index contributed by atoms with van der Waals surface area (Å²) in [5, 5.41) is 24.2. The molecule has 10 atom stereocenters. The van der Waals surface area contributed by atoms with E-state index in [0.717, 1.165) is 51.4 Å². The number of hydrogen-bond donors (Lipinski definition) is 4. The van der Waals surface area contributed by atoms with Crippen LogP contribution >= 0.6 is 0 Å². The Labute approximate surface area is 205 Å². The zero-order valence-corrected chi connectivity index (χ0v) is 21.9. The average molecular weight is 500 g/mol. The minimum atomic E-state index is -4.06. The molecule has 34 heavy (non-hydrogen) atoms. The van der Waals surface area contributed by atoms with Gasteiger partial charge >= 0.3 is 0 Å². The quantitative estimate of drug-likeness (QED) is 0.398. The first-order valence-corrected chi connectivity index (χ1v) is 15.0. The molecular weight excluding hydrogens is 454 g/mol. The molecule has 4 fully saturated rings. The van der Waals surface area contributed by atoms with Crippen LogP contribution in [0.4, 0.5) is 0 Å². The van der Waals surface area contributed by atoms with E-state index in [1.165, 1.54) is 6.42 Å². The lowest BCUT2D eigenvalue weighted by atomic mass is 9.43. The average Bonchev–Trinajstić information content (AvgIpc) is 3.09. The second kappa shape index (κ2) is 9.64. The van der Waals surface area contributed by atoms with E-state index in [4.69, 9.17) is 4.55 Å². The number of aliphatic hydroxyl groups excluding tert-OH is 2. The molecule has 0 aromatic heterocycles. The van der Waals surface area contributed by atoms with Crippen LogP contribution in [0, 0.1) is 46.3 Å². The first-order valence-electron chi connectivity index (χ1n) is 13.4. The van der Waals surface area contributed by atoms with Gasteiger partial charge in [-0.2, -0.15) is 8.42 Å². The van der Waals surface area contributed by atoms with Crippen LogP contribution in [0.15, 0.2) is 0 Å². The molecule has 0 spiro atoms. The third-order valence-electron chi connectivity index (χ3n) is 10.9. The van der Waals surface area contributed by atoms with Gasteiger partial charge < -0.3 is 15.5 Å². The van der Waals surface area contributed by atoms with E-state index in [0.29, 0.717) is 41.9 Å². The molecule has 0 saturated heterocycles. The Morgan fingerprint density at radius 3 is 2.41 bits per heavy atom. The van der Waals surface area contributed by atoms with Crippen molar-refractivity contribution in [2.45, 2.75) is 97.2 Å². The highest BCUT2D eigenvalue weighted by Crippen LogP contribution is 2.68. The van der Waals surface area contributed by atoms with Crippen LogP contribution in [0.2, 0.25) is 0 Å². The molecule has 0 aromatic carbocycles. The maximum atomic E-state index is 12.2. The van der Waals surface area contributed by atoms with Gasteiger partial charge in [0.25, 0.3) is 10.1 Å². The Morgan fingerprint density at radius 2 is 1.71 bits per heavy atom. The lowest BCUT2D eigenvalue weighted by Gasteiger charge is -2.62. The molecule has 4 saturated carbocycles. The van der Waals surface area contributed by atoms with Crippen molar-refractivity contribution < 1.29 is 28.0 Å². The van der Waals surface area contributed by atoms with E-state index in [9.17, 15) is 23.4 Å². The van der Waals surface area contributed by atoms with Crippen LogP contribution in [0.5, 0.6) is 0 Å². The molecular formula is C26H45NO6S. The van der Waals surface area contributed by atoms with Crippen molar-refractivity contribution in [2.75, 3.05) is 12.3 Å². The minimum Gasteiger partial charge on any atom is -0.393 e. The molecule has 4 rings (SSSR count). The Kier molecular flexibility index (Phi) is 7.47. The van der Waals surface area contributed by atoms with Crippen molar-refractivity contribution in [3.05, 3.63) is 0 Å². The van der Waals surface area contributed by atoms with Crippen molar-refractivity contribution in [3.63, 3.8) is 0 Å². The third-order valence-corrected chi connectivity index (χ3v) is 11.6. The number of amides is 1. The van der Waals surface area contributed by atoms with Crippen molar-refractivity contribution in [2.24, 2.45) is 46.3 Å². The summed E-state index contributed by atoms with van der Waals surface area (Å²) >= 11 is 0. The van der Waals surface area contributed by atoms with Crippen molar-refractivity contribution in [1.82, 2.24) is 5.32 Å². The summed E-state index contributed by atoms with van der Waals surface area (Å²) in [7, 11) is -4.06. The normalized spacial score (nSPS) is 45.1. The van der Waals surface area contributed by atoms with E-state index >= 15 is 0 Å². The monoisotopic (exact) mass is 499 g/mol. The van der Waals surface area contributed by atoms with Crippen molar-refractivity contribution in [1.29, 1.82) is 0 Å². The SMILES string of the molecule is C[C@H](CCC(=O)NCCS(=O)(=O)O)C1CCC2C3C(O)C[C@@H]4C[C@H](O)CC[C@]4(C)C3CC[C@@]21C. The molecule has 1 amide bonds. The van der Waals surface area contributed by atoms with Crippen LogP contribution in [0.1, 0.15) is 85.0 Å². The molecule has 5 unspecified atom stereocenters. The van der Waals surface area contributed by atoms with Gasteiger partial charge in [-0.15, -0.1) is 0 Å². The molecule has 0 radical (unpaired) electrons. The minimum absolute atomic E-state index is 0.0625. The van der Waals surface area contributed by atoms with Gasteiger partial charge in [-0.25, -0.2) is 0 Å². The highest BCUT2D eigenvalue weighted by molar-refractivity contribution is 7.85. The van der Waals surface area contributed by atoms with Crippen LogP contribution in [-0.4, -0.2) is 53.6 Å². The number of rotatable bonds is 7. The number of aliphatic hydroxyl groups is 2. The molecule has 0 heterocycles. The summed E-state index contributed by atoms with van der Waals surface area (Å²) in [6.45, 7) is 7.05. The second-order valence-corrected chi connectivity index (χ2v) is 14.2. The Balaban J connectivity index is 1.39. The molecule has 4 N–H and O–H groups in total. The smallest absolute Gasteiger partial charge is 0.266 e. The summed E-state index contributed by atoms with van der Waals surface area (Å²) in [5.41, 5.74) is 0.411. The lowest BCUT2D eigenvalue weighted by molar-refractivity contribution is -0.174. The first kappa shape index (κ1) is 26.4. The summed E-state index contributed by atoms with van der Waals surface area (Å²) in [6.07, 6.45) is 8.87. The maximum absolute atomic E-state index is 12.2. The number of nitrogens with one attached hydrogen (secondary N) is 1. The molecule has 0 bridgehead atoms. The summed E-state index contributed by atoms with van der Waals surface area (Å²) < 4.78 is 30.5. The summed E-state index contributed by atoms with van der Waals surface area (Å²) in [6, 6.07) is 0. The topological polar surface area (TPSA) is 124 Å². The zero-order valence-electron chi connectivity index (χ0n) is 21.1. The van der Waals surface area contributed by atoms with Crippen LogP contribution in [-0.2, 0) is 14.9 Å². The number of carbonyl (C=O) groups is 1. The molecule has 0 aromatic rings. The van der Waals surface area contributed by atoms with Gasteiger partial charge in [-0.05, 0) is 104 Å². The molecule has 8 heteroatoms. The maximum Gasteiger partial charge on any atom is 0.266 e. The zero-order chi connectivity index (χ0) is 24.9. The standard InChI is InChI=1S/C26H45NO6S/c1-16(4-7-23(30)27-12-13-34(31,32)33)19-5-6-20-24-21(9-11-26(19,20)3)25(2)10-8-18(28)14-17(25)15-22(24)29/h16-22,24,28-29H,4-15H2,1-3H3,(H,27,30)(H,31,32,33)/t16-,17+,18-,19?,20?,21?,22?,24?,25+,26-/m1/s1. The fraction of sp³-hybridized carbons (Fsp3) is 0.962. The van der Waals surface area contributed by atoms with Crippen molar-refractivity contribution in [3.8, 4) is 0 Å². The second-order valence-electron chi connectivity index (χ2n) is 12.6. The van der Waals surface area contributed by atoms with Crippen molar-refractivity contribution >= 4 is 16.0 Å². The number of fused-ring (bicyclic) bond motifs is 5. The van der Waals surface area contributed by atoms with E-state index in [2.05, 4.69) is 26.1 Å². The molecule has 4 aliphatic carbocycles. The van der Waals surface area contributed by atoms with Crippen LogP contribution in [0.3, 0.4) is 0 Å². The van der Waals surface area contributed by atoms with Gasteiger partial charge in [-0.3, -0.25) is 9.35 Å². The summed E-state index contributed by atoms with van der Waals surface area (Å²) in [5.74, 6) is 2.10. The van der Waals surface area contributed by atoms with E-state index < -0.39 is 15.9 Å². The van der Waals surface area contributed by atoms with Crippen LogP contribution < -0.4 is 5.32 Å².